The predicted octanol–water partition coefficient (Wildman–Crippen LogP) is 0.865. The second-order valence-electron chi connectivity index (χ2n) is 2.41. The highest BCUT2D eigenvalue weighted by Crippen LogP contribution is 2.14. The molecule has 0 saturated heterocycles. The van der Waals surface area contributed by atoms with Gasteiger partial charge in [-0.2, -0.15) is 0 Å². The Hall–Kier alpha value is -1.43. The van der Waals surface area contributed by atoms with Crippen molar-refractivity contribution in [3.8, 4) is 0 Å². The van der Waals surface area contributed by atoms with E-state index in [1.807, 2.05) is 0 Å². The van der Waals surface area contributed by atoms with E-state index in [-0.39, 0.29) is 0 Å². The molecule has 1 heterocycles. The van der Waals surface area contributed by atoms with Gasteiger partial charge in [-0.25, -0.2) is 4.98 Å². The summed E-state index contributed by atoms with van der Waals surface area (Å²) in [7, 11) is 0. The molecule has 13 heavy (non-hydrogen) atoms. The average Bonchev–Trinajstić information content (AvgIpc) is 2.33. The number of hydrogen-bond donors (Lipinski definition) is 2. The number of carboxylic acid groups (broad SMARTS) is 1. The number of carbonyl (C=O) groups excluding carboxylic acids is 1. The molecule has 0 unspecified atom stereocenters. The molecule has 6 heteroatoms. The van der Waals surface area contributed by atoms with E-state index in [2.05, 4.69) is 10.3 Å². The van der Waals surface area contributed by atoms with E-state index in [1.54, 1.807) is 12.3 Å². The third kappa shape index (κ3) is 3.20. The first kappa shape index (κ1) is 9.66. The van der Waals surface area contributed by atoms with Gasteiger partial charge in [-0.15, -0.1) is 11.3 Å². The molecule has 1 aromatic rings. The molecule has 0 spiro atoms. The summed E-state index contributed by atoms with van der Waals surface area (Å²) < 4.78 is 0. The lowest BCUT2D eigenvalue weighted by molar-refractivity contribution is -0.139. The summed E-state index contributed by atoms with van der Waals surface area (Å²) in [5.41, 5.74) is 0.802. The fourth-order valence-corrected chi connectivity index (χ4v) is 1.42. The van der Waals surface area contributed by atoms with Crippen molar-refractivity contribution in [2.24, 2.45) is 0 Å². The van der Waals surface area contributed by atoms with Gasteiger partial charge in [0.1, 0.15) is 6.42 Å². The first-order chi connectivity index (χ1) is 6.08. The lowest BCUT2D eigenvalue weighted by Crippen LogP contribution is -2.15. The molecule has 1 amide bonds. The molecule has 0 radical (unpaired) electrons. The maximum atomic E-state index is 10.9. The molecule has 0 saturated carbocycles. The zero-order valence-electron chi connectivity index (χ0n) is 6.90. The standard InChI is InChI=1S/C7H8N2O3S/c1-4-3-13-7(8-4)9-5(10)2-6(11)12/h3H,2H2,1H3,(H,11,12)(H,8,9,10). The zero-order chi connectivity index (χ0) is 9.84. The monoisotopic (exact) mass is 200 g/mol. The predicted molar refractivity (Wildman–Crippen MR) is 47.7 cm³/mol. The van der Waals surface area contributed by atoms with E-state index in [0.29, 0.717) is 5.13 Å². The highest BCUT2D eigenvalue weighted by molar-refractivity contribution is 7.13. The fourth-order valence-electron chi connectivity index (χ4n) is 0.712. The molecule has 0 bridgehead atoms. The Morgan fingerprint density at radius 1 is 1.69 bits per heavy atom. The van der Waals surface area contributed by atoms with Crippen molar-refractivity contribution in [1.29, 1.82) is 0 Å². The quantitative estimate of drug-likeness (QED) is 0.709. The van der Waals surface area contributed by atoms with Crippen LogP contribution in [0.25, 0.3) is 0 Å². The largest absolute Gasteiger partial charge is 0.481 e. The van der Waals surface area contributed by atoms with Crippen LogP contribution in [0.4, 0.5) is 5.13 Å². The molecule has 70 valence electrons. The molecule has 0 aromatic carbocycles. The number of carbonyl (C=O) groups is 2. The van der Waals surface area contributed by atoms with Crippen molar-refractivity contribution in [3.63, 3.8) is 0 Å². The maximum absolute atomic E-state index is 10.9. The number of nitrogens with zero attached hydrogens (tertiary/aromatic N) is 1. The van der Waals surface area contributed by atoms with Crippen LogP contribution in [0, 0.1) is 6.92 Å². The van der Waals surface area contributed by atoms with E-state index >= 15 is 0 Å². The molecule has 2 N–H and O–H groups in total. The molecular formula is C7H8N2O3S. The molecule has 0 aliphatic carbocycles. The Bertz CT molecular complexity index is 334. The van der Waals surface area contributed by atoms with Gasteiger partial charge in [0.25, 0.3) is 0 Å². The summed E-state index contributed by atoms with van der Waals surface area (Å²) in [6, 6.07) is 0. The summed E-state index contributed by atoms with van der Waals surface area (Å²) in [6.45, 7) is 1.79. The molecule has 0 atom stereocenters. The van der Waals surface area contributed by atoms with Crippen LogP contribution in [0.15, 0.2) is 5.38 Å². The summed E-state index contributed by atoms with van der Waals surface area (Å²) in [4.78, 5) is 25.0. The van der Waals surface area contributed by atoms with Crippen LogP contribution in [0.3, 0.4) is 0 Å². The van der Waals surface area contributed by atoms with Crippen LogP contribution in [0.5, 0.6) is 0 Å². The van der Waals surface area contributed by atoms with Crippen molar-refractivity contribution >= 4 is 28.3 Å². The molecule has 1 aromatic heterocycles. The average molecular weight is 200 g/mol. The summed E-state index contributed by atoms with van der Waals surface area (Å²) >= 11 is 1.27. The van der Waals surface area contributed by atoms with Gasteiger partial charge in [-0.1, -0.05) is 0 Å². The van der Waals surface area contributed by atoms with Crippen LogP contribution in [0.2, 0.25) is 0 Å². The first-order valence-electron chi connectivity index (χ1n) is 3.51. The number of aryl methyl sites for hydroxylation is 1. The summed E-state index contributed by atoms with van der Waals surface area (Å²) in [6.07, 6.45) is -0.529. The van der Waals surface area contributed by atoms with Gasteiger partial charge in [0.05, 0.1) is 5.69 Å². The van der Waals surface area contributed by atoms with E-state index < -0.39 is 18.3 Å². The van der Waals surface area contributed by atoms with E-state index in [9.17, 15) is 9.59 Å². The number of hydrogen-bond acceptors (Lipinski definition) is 4. The number of rotatable bonds is 3. The summed E-state index contributed by atoms with van der Waals surface area (Å²) in [5, 5.41) is 12.9. The minimum Gasteiger partial charge on any atom is -0.481 e. The number of aliphatic carboxylic acids is 1. The second kappa shape index (κ2) is 3.99. The van der Waals surface area contributed by atoms with Crippen LogP contribution in [0.1, 0.15) is 12.1 Å². The Kier molecular flexibility index (Phi) is 2.97. The minimum absolute atomic E-state index is 0.434. The van der Waals surface area contributed by atoms with Crippen molar-refractivity contribution in [2.45, 2.75) is 13.3 Å². The SMILES string of the molecule is Cc1csc(NC(=O)CC(=O)O)n1. The Balaban J connectivity index is 2.50. The number of nitrogens with one attached hydrogen (secondary N) is 1. The highest BCUT2D eigenvalue weighted by Gasteiger charge is 2.08. The topological polar surface area (TPSA) is 79.3 Å². The number of amides is 1. The molecule has 1 rings (SSSR count). The molecular weight excluding hydrogens is 192 g/mol. The molecule has 0 aliphatic heterocycles. The van der Waals surface area contributed by atoms with Crippen LogP contribution in [-0.2, 0) is 9.59 Å². The maximum Gasteiger partial charge on any atom is 0.312 e. The molecule has 0 fully saturated rings. The molecule has 5 nitrogen and oxygen atoms in total. The number of anilines is 1. The fraction of sp³-hybridized carbons (Fsp3) is 0.286. The van der Waals surface area contributed by atoms with Crippen LogP contribution < -0.4 is 5.32 Å². The Morgan fingerprint density at radius 3 is 2.85 bits per heavy atom. The second-order valence-corrected chi connectivity index (χ2v) is 3.27. The Morgan fingerprint density at radius 2 is 2.38 bits per heavy atom. The van der Waals surface area contributed by atoms with Gasteiger partial charge in [-0.05, 0) is 6.92 Å². The third-order valence-electron chi connectivity index (χ3n) is 1.18. The van der Waals surface area contributed by atoms with Crippen molar-refractivity contribution in [2.75, 3.05) is 5.32 Å². The van der Waals surface area contributed by atoms with E-state index in [0.717, 1.165) is 5.69 Å². The van der Waals surface area contributed by atoms with E-state index in [4.69, 9.17) is 5.11 Å². The number of thiazole rings is 1. The first-order valence-corrected chi connectivity index (χ1v) is 4.39. The number of aromatic nitrogens is 1. The van der Waals surface area contributed by atoms with Crippen molar-refractivity contribution < 1.29 is 14.7 Å². The smallest absolute Gasteiger partial charge is 0.312 e. The normalized spacial score (nSPS) is 9.62. The van der Waals surface area contributed by atoms with Crippen LogP contribution in [-0.4, -0.2) is 22.0 Å². The van der Waals surface area contributed by atoms with Crippen molar-refractivity contribution in [3.05, 3.63) is 11.1 Å². The minimum atomic E-state index is -1.15. The highest BCUT2D eigenvalue weighted by atomic mass is 32.1. The lowest BCUT2D eigenvalue weighted by atomic mass is 10.4. The summed E-state index contributed by atoms with van der Waals surface area (Å²) in [5.74, 6) is -1.70. The van der Waals surface area contributed by atoms with Gasteiger partial charge in [0.2, 0.25) is 5.91 Å². The zero-order valence-corrected chi connectivity index (χ0v) is 7.72. The van der Waals surface area contributed by atoms with Crippen LogP contribution >= 0.6 is 11.3 Å². The van der Waals surface area contributed by atoms with Gasteiger partial charge >= 0.3 is 5.97 Å². The van der Waals surface area contributed by atoms with Gasteiger partial charge in [0, 0.05) is 5.38 Å². The van der Waals surface area contributed by atoms with E-state index in [1.165, 1.54) is 11.3 Å². The number of carboxylic acids is 1. The van der Waals surface area contributed by atoms with Gasteiger partial charge < -0.3 is 10.4 Å². The third-order valence-corrected chi connectivity index (χ3v) is 2.05. The van der Waals surface area contributed by atoms with Crippen molar-refractivity contribution in [1.82, 2.24) is 4.98 Å². The Labute approximate surface area is 78.4 Å². The van der Waals surface area contributed by atoms with Gasteiger partial charge in [0.15, 0.2) is 5.13 Å². The molecule has 0 aliphatic rings. The van der Waals surface area contributed by atoms with Gasteiger partial charge in [-0.3, -0.25) is 9.59 Å². The lowest BCUT2D eigenvalue weighted by Gasteiger charge is -1.96.